The van der Waals surface area contributed by atoms with E-state index < -0.39 is 0 Å². The number of hydrogen-bond acceptors (Lipinski definition) is 3. The summed E-state index contributed by atoms with van der Waals surface area (Å²) in [6.45, 7) is 8.88. The molecule has 1 aromatic rings. The molecule has 0 unspecified atom stereocenters. The zero-order chi connectivity index (χ0) is 12.8. The van der Waals surface area contributed by atoms with Gasteiger partial charge < -0.3 is 4.90 Å². The standard InChI is InChI=1S/C12H17BrClN3/c1-4-7-17(9(5-2)6-3)11-10(13)8-15-12(14)16-11/h4,8-9H,1,5-7H2,2-3H3. The van der Waals surface area contributed by atoms with Crippen molar-refractivity contribution in [1.29, 1.82) is 0 Å². The summed E-state index contributed by atoms with van der Waals surface area (Å²) in [6, 6.07) is 0.426. The smallest absolute Gasteiger partial charge is 0.224 e. The fourth-order valence-corrected chi connectivity index (χ4v) is 2.36. The Labute approximate surface area is 116 Å². The van der Waals surface area contributed by atoms with E-state index in [1.165, 1.54) is 0 Å². The summed E-state index contributed by atoms with van der Waals surface area (Å²) < 4.78 is 0.857. The van der Waals surface area contributed by atoms with Gasteiger partial charge in [0.2, 0.25) is 5.28 Å². The van der Waals surface area contributed by atoms with Gasteiger partial charge in [0, 0.05) is 18.8 Å². The van der Waals surface area contributed by atoms with Crippen LogP contribution in [0.4, 0.5) is 5.82 Å². The lowest BCUT2D eigenvalue weighted by Crippen LogP contribution is -2.35. The van der Waals surface area contributed by atoms with Crippen LogP contribution in [-0.2, 0) is 0 Å². The van der Waals surface area contributed by atoms with E-state index in [-0.39, 0.29) is 5.28 Å². The SMILES string of the molecule is C=CCN(c1nc(Cl)ncc1Br)C(CC)CC. The predicted molar refractivity (Wildman–Crippen MR) is 76.7 cm³/mol. The highest BCUT2D eigenvalue weighted by Crippen LogP contribution is 2.27. The van der Waals surface area contributed by atoms with Gasteiger partial charge in [-0.05, 0) is 40.4 Å². The lowest BCUT2D eigenvalue weighted by atomic mass is 10.1. The zero-order valence-corrected chi connectivity index (χ0v) is 12.5. The molecule has 1 heterocycles. The van der Waals surface area contributed by atoms with Crippen LogP contribution in [0.15, 0.2) is 23.3 Å². The minimum atomic E-state index is 0.267. The molecule has 0 spiro atoms. The van der Waals surface area contributed by atoms with Gasteiger partial charge in [0.25, 0.3) is 0 Å². The second kappa shape index (κ2) is 6.97. The van der Waals surface area contributed by atoms with Crippen molar-refractivity contribution < 1.29 is 0 Å². The van der Waals surface area contributed by atoms with Crippen molar-refractivity contribution in [3.05, 3.63) is 28.6 Å². The molecule has 3 nitrogen and oxygen atoms in total. The summed E-state index contributed by atoms with van der Waals surface area (Å²) in [4.78, 5) is 10.4. The molecule has 0 aromatic carbocycles. The molecule has 0 atom stereocenters. The van der Waals surface area contributed by atoms with Crippen LogP contribution in [0.25, 0.3) is 0 Å². The van der Waals surface area contributed by atoms with Gasteiger partial charge in [-0.1, -0.05) is 19.9 Å². The van der Waals surface area contributed by atoms with Gasteiger partial charge in [0.15, 0.2) is 0 Å². The van der Waals surface area contributed by atoms with Crippen LogP contribution >= 0.6 is 27.5 Å². The Bertz CT molecular complexity index is 380. The fraction of sp³-hybridized carbons (Fsp3) is 0.500. The third kappa shape index (κ3) is 3.68. The van der Waals surface area contributed by atoms with Crippen molar-refractivity contribution in [2.45, 2.75) is 32.7 Å². The number of anilines is 1. The molecule has 17 heavy (non-hydrogen) atoms. The van der Waals surface area contributed by atoms with Gasteiger partial charge in [-0.15, -0.1) is 6.58 Å². The summed E-state index contributed by atoms with van der Waals surface area (Å²) in [7, 11) is 0. The monoisotopic (exact) mass is 317 g/mol. The minimum absolute atomic E-state index is 0.267. The summed E-state index contributed by atoms with van der Waals surface area (Å²) in [5, 5.41) is 0.267. The van der Waals surface area contributed by atoms with Crippen LogP contribution in [-0.4, -0.2) is 22.6 Å². The summed E-state index contributed by atoms with van der Waals surface area (Å²) in [5.74, 6) is 0.832. The van der Waals surface area contributed by atoms with E-state index in [0.717, 1.165) is 29.7 Å². The average Bonchev–Trinajstić information content (AvgIpc) is 2.33. The third-order valence-electron chi connectivity index (χ3n) is 2.68. The molecule has 0 saturated heterocycles. The Kier molecular flexibility index (Phi) is 5.92. The van der Waals surface area contributed by atoms with Crippen LogP contribution in [0.3, 0.4) is 0 Å². The molecule has 0 amide bonds. The van der Waals surface area contributed by atoms with E-state index >= 15 is 0 Å². The Morgan fingerprint density at radius 2 is 2.18 bits per heavy atom. The van der Waals surface area contributed by atoms with Crippen molar-refractivity contribution >= 4 is 33.3 Å². The lowest BCUT2D eigenvalue weighted by Gasteiger charge is -2.31. The second-order valence-electron chi connectivity index (χ2n) is 3.72. The molecule has 5 heteroatoms. The Balaban J connectivity index is 3.11. The molecule has 0 radical (unpaired) electrons. The Morgan fingerprint density at radius 3 is 2.71 bits per heavy atom. The summed E-state index contributed by atoms with van der Waals surface area (Å²) >= 11 is 9.32. The van der Waals surface area contributed by atoms with Crippen LogP contribution in [0, 0.1) is 0 Å². The maximum absolute atomic E-state index is 5.86. The Hall–Kier alpha value is -0.610. The molecule has 0 aliphatic carbocycles. The maximum Gasteiger partial charge on any atom is 0.224 e. The summed E-state index contributed by atoms with van der Waals surface area (Å²) in [6.07, 6.45) is 5.67. The largest absolute Gasteiger partial charge is 0.349 e. The van der Waals surface area contributed by atoms with E-state index in [0.29, 0.717) is 6.04 Å². The molecule has 0 aliphatic heterocycles. The van der Waals surface area contributed by atoms with Crippen LogP contribution in [0.2, 0.25) is 5.28 Å². The van der Waals surface area contributed by atoms with Crippen molar-refractivity contribution in [2.24, 2.45) is 0 Å². The molecular weight excluding hydrogens is 302 g/mol. The first-order valence-corrected chi connectivity index (χ1v) is 6.86. The van der Waals surface area contributed by atoms with E-state index in [9.17, 15) is 0 Å². The topological polar surface area (TPSA) is 29.0 Å². The number of aromatic nitrogens is 2. The number of halogens is 2. The zero-order valence-electron chi connectivity index (χ0n) is 10.2. The van der Waals surface area contributed by atoms with E-state index in [4.69, 9.17) is 11.6 Å². The second-order valence-corrected chi connectivity index (χ2v) is 4.91. The van der Waals surface area contributed by atoms with Gasteiger partial charge in [-0.2, -0.15) is 4.98 Å². The molecule has 94 valence electrons. The maximum atomic E-state index is 5.86. The van der Waals surface area contributed by atoms with Crippen LogP contribution in [0.1, 0.15) is 26.7 Å². The quantitative estimate of drug-likeness (QED) is 0.585. The normalized spacial score (nSPS) is 10.6. The van der Waals surface area contributed by atoms with Crippen molar-refractivity contribution in [2.75, 3.05) is 11.4 Å². The number of rotatable bonds is 6. The van der Waals surface area contributed by atoms with Crippen LogP contribution < -0.4 is 4.90 Å². The van der Waals surface area contributed by atoms with Gasteiger partial charge in [-0.25, -0.2) is 4.98 Å². The first kappa shape index (κ1) is 14.5. The molecule has 0 aliphatic rings. The lowest BCUT2D eigenvalue weighted by molar-refractivity contribution is 0.569. The number of hydrogen-bond donors (Lipinski definition) is 0. The minimum Gasteiger partial charge on any atom is -0.349 e. The first-order valence-electron chi connectivity index (χ1n) is 5.69. The molecule has 1 rings (SSSR count). The first-order chi connectivity index (χ1) is 8.13. The average molecular weight is 319 g/mol. The van der Waals surface area contributed by atoms with Gasteiger partial charge in [0.1, 0.15) is 5.82 Å². The predicted octanol–water partition coefficient (Wildman–Crippen LogP) is 4.07. The van der Waals surface area contributed by atoms with Gasteiger partial charge in [0.05, 0.1) is 4.47 Å². The molecule has 0 fully saturated rings. The van der Waals surface area contributed by atoms with Crippen molar-refractivity contribution in [3.8, 4) is 0 Å². The molecule has 0 bridgehead atoms. The van der Waals surface area contributed by atoms with E-state index in [1.807, 2.05) is 6.08 Å². The highest BCUT2D eigenvalue weighted by molar-refractivity contribution is 9.10. The molecular formula is C12H17BrClN3. The van der Waals surface area contributed by atoms with Crippen molar-refractivity contribution in [3.63, 3.8) is 0 Å². The van der Waals surface area contributed by atoms with Gasteiger partial charge in [-0.3, -0.25) is 0 Å². The highest BCUT2D eigenvalue weighted by Gasteiger charge is 2.18. The van der Waals surface area contributed by atoms with Gasteiger partial charge >= 0.3 is 0 Å². The third-order valence-corrected chi connectivity index (χ3v) is 3.42. The van der Waals surface area contributed by atoms with E-state index in [1.54, 1.807) is 6.20 Å². The van der Waals surface area contributed by atoms with Crippen LogP contribution in [0.5, 0.6) is 0 Å². The Morgan fingerprint density at radius 1 is 1.53 bits per heavy atom. The fourth-order valence-electron chi connectivity index (χ4n) is 1.82. The highest BCUT2D eigenvalue weighted by atomic mass is 79.9. The number of nitrogens with zero attached hydrogens (tertiary/aromatic N) is 3. The van der Waals surface area contributed by atoms with Crippen molar-refractivity contribution in [1.82, 2.24) is 9.97 Å². The molecule has 1 aromatic heterocycles. The van der Waals surface area contributed by atoms with E-state index in [2.05, 4.69) is 51.2 Å². The molecule has 0 saturated carbocycles. The summed E-state index contributed by atoms with van der Waals surface area (Å²) in [5.41, 5.74) is 0. The molecule has 0 N–H and O–H groups in total.